The van der Waals surface area contributed by atoms with Crippen LogP contribution in [0.3, 0.4) is 0 Å². The molecule has 0 saturated carbocycles. The number of benzene rings is 1. The first kappa shape index (κ1) is 73.0. The van der Waals surface area contributed by atoms with Crippen LogP contribution >= 0.6 is 0 Å². The van der Waals surface area contributed by atoms with Crippen molar-refractivity contribution in [2.75, 3.05) is 45.9 Å². The molecule has 1 aromatic carbocycles. The quantitative estimate of drug-likeness (QED) is 0.0376. The molecule has 7 amide bonds. The maximum Gasteiger partial charge on any atom is 0.245 e. The molecule has 83 heavy (non-hydrogen) atoms. The summed E-state index contributed by atoms with van der Waals surface area (Å²) in [7, 11) is 0. The second-order valence-corrected chi connectivity index (χ2v) is 22.2. The van der Waals surface area contributed by atoms with Crippen molar-refractivity contribution in [1.29, 1.82) is 0 Å². The molecule has 1 aliphatic heterocycles. The van der Waals surface area contributed by atoms with E-state index >= 15 is 0 Å². The highest BCUT2D eigenvalue weighted by molar-refractivity contribution is 5.99. The van der Waals surface area contributed by atoms with Crippen LogP contribution in [0.4, 0.5) is 0 Å². The number of rotatable bonds is 31. The van der Waals surface area contributed by atoms with Crippen molar-refractivity contribution in [3.63, 3.8) is 0 Å². The maximum atomic E-state index is 14.5. The number of nitrogens with one attached hydrogen (secondary N) is 7. The number of carbonyl (C=O) groups is 11. The van der Waals surface area contributed by atoms with Crippen LogP contribution in [0.2, 0.25) is 0 Å². The molecule has 1 heterocycles. The molecule has 19 N–H and O–H groups in total. The Morgan fingerprint density at radius 2 is 1.19 bits per heavy atom. The van der Waals surface area contributed by atoms with Gasteiger partial charge in [-0.05, 0) is 109 Å². The minimum atomic E-state index is -1.62. The van der Waals surface area contributed by atoms with Gasteiger partial charge in [0.05, 0.1) is 24.8 Å². The van der Waals surface area contributed by atoms with Crippen LogP contribution in [0.5, 0.6) is 0 Å². The molecule has 1 saturated heterocycles. The molecule has 0 bridgehead atoms. The van der Waals surface area contributed by atoms with Gasteiger partial charge in [0.2, 0.25) is 41.4 Å². The van der Waals surface area contributed by atoms with E-state index in [0.29, 0.717) is 12.0 Å². The third-order valence-corrected chi connectivity index (χ3v) is 14.7. The summed E-state index contributed by atoms with van der Waals surface area (Å²) in [6.45, 7) is 5.36. The second-order valence-electron chi connectivity index (χ2n) is 22.2. The van der Waals surface area contributed by atoms with E-state index in [9.17, 15) is 63.0 Å². The van der Waals surface area contributed by atoms with Gasteiger partial charge < -0.3 is 76.1 Å². The summed E-state index contributed by atoms with van der Waals surface area (Å²) in [4.78, 5) is 154. The van der Waals surface area contributed by atoms with Gasteiger partial charge in [0.15, 0.2) is 17.3 Å². The van der Waals surface area contributed by atoms with Gasteiger partial charge in [0, 0.05) is 62.3 Å². The van der Waals surface area contributed by atoms with E-state index < -0.39 is 164 Å². The zero-order chi connectivity index (χ0) is 62.0. The minimum absolute atomic E-state index is 0.0116. The number of unbranched alkanes of at least 4 members (excludes halogenated alkanes) is 4. The molecule has 0 spiro atoms. The number of amides is 7. The number of hydrogen-bond donors (Lipinski definition) is 14. The number of nitrogens with two attached hydrogens (primary N) is 5. The average molecular weight is 1170 g/mol. The highest BCUT2D eigenvalue weighted by Crippen LogP contribution is 2.20. The van der Waals surface area contributed by atoms with Crippen LogP contribution < -0.4 is 65.9 Å². The molecule has 11 atom stereocenters. The predicted molar refractivity (Wildman–Crippen MR) is 312 cm³/mol. The lowest BCUT2D eigenvalue weighted by molar-refractivity contribution is -0.136. The van der Waals surface area contributed by atoms with Crippen LogP contribution in [-0.4, -0.2) is 163 Å². The van der Waals surface area contributed by atoms with Gasteiger partial charge >= 0.3 is 0 Å². The highest BCUT2D eigenvalue weighted by Gasteiger charge is 2.37. The summed E-state index contributed by atoms with van der Waals surface area (Å²) in [5.74, 6) is -12.4. The summed E-state index contributed by atoms with van der Waals surface area (Å²) >= 11 is 0. The van der Waals surface area contributed by atoms with Crippen LogP contribution in [0.15, 0.2) is 30.3 Å². The number of aliphatic hydroxyl groups is 2. The lowest BCUT2D eigenvalue weighted by atomic mass is 9.89. The first-order valence-electron chi connectivity index (χ1n) is 29.6. The molecule has 468 valence electrons. The summed E-state index contributed by atoms with van der Waals surface area (Å²) in [5, 5.41) is 39.5. The van der Waals surface area contributed by atoms with E-state index in [1.807, 2.05) is 13.8 Å². The fourth-order valence-corrected chi connectivity index (χ4v) is 9.89. The molecule has 25 nitrogen and oxygen atoms in total. The Kier molecular flexibility index (Phi) is 35.4. The normalized spacial score (nSPS) is 22.7. The Morgan fingerprint density at radius 3 is 1.75 bits per heavy atom. The lowest BCUT2D eigenvalue weighted by Crippen LogP contribution is -2.56. The van der Waals surface area contributed by atoms with Gasteiger partial charge in [-0.2, -0.15) is 0 Å². The number of ketones is 4. The smallest absolute Gasteiger partial charge is 0.245 e. The van der Waals surface area contributed by atoms with E-state index in [-0.39, 0.29) is 102 Å². The molecule has 0 unspecified atom stereocenters. The fraction of sp³-hybridized carbons (Fsp3) is 0.707. The van der Waals surface area contributed by atoms with Crippen molar-refractivity contribution in [2.24, 2.45) is 58.3 Å². The van der Waals surface area contributed by atoms with Crippen molar-refractivity contribution in [3.8, 4) is 0 Å². The molecular formula is C58H98N12O13. The van der Waals surface area contributed by atoms with Crippen LogP contribution in [0.1, 0.15) is 142 Å². The van der Waals surface area contributed by atoms with Gasteiger partial charge in [0.1, 0.15) is 30.0 Å². The van der Waals surface area contributed by atoms with E-state index in [1.54, 1.807) is 30.3 Å². The molecular weight excluding hydrogens is 1070 g/mol. The van der Waals surface area contributed by atoms with Crippen molar-refractivity contribution >= 4 is 64.5 Å². The molecule has 0 radical (unpaired) electrons. The van der Waals surface area contributed by atoms with Crippen molar-refractivity contribution in [2.45, 2.75) is 186 Å². The molecule has 0 aromatic heterocycles. The number of aliphatic hydroxyl groups excluding tert-OH is 2. The van der Waals surface area contributed by atoms with E-state index in [2.05, 4.69) is 44.1 Å². The van der Waals surface area contributed by atoms with E-state index in [1.165, 1.54) is 6.92 Å². The maximum absolute atomic E-state index is 14.5. The Balaban J connectivity index is 2.66. The van der Waals surface area contributed by atoms with Gasteiger partial charge in [0.25, 0.3) is 0 Å². The first-order chi connectivity index (χ1) is 39.6. The number of hydrogen-bond acceptors (Lipinski definition) is 18. The van der Waals surface area contributed by atoms with Gasteiger partial charge in [-0.3, -0.25) is 52.7 Å². The second kappa shape index (κ2) is 40.2. The fourth-order valence-electron chi connectivity index (χ4n) is 9.89. The molecule has 25 heteroatoms. The average Bonchev–Trinajstić information content (AvgIpc) is 3.53. The Morgan fingerprint density at radius 1 is 0.639 bits per heavy atom. The zero-order valence-electron chi connectivity index (χ0n) is 49.3. The van der Waals surface area contributed by atoms with Crippen molar-refractivity contribution < 1.29 is 63.0 Å². The lowest BCUT2D eigenvalue weighted by Gasteiger charge is -2.27. The third kappa shape index (κ3) is 27.0. The van der Waals surface area contributed by atoms with E-state index in [0.717, 1.165) is 25.7 Å². The van der Waals surface area contributed by atoms with Crippen molar-refractivity contribution in [3.05, 3.63) is 35.9 Å². The molecule has 1 fully saturated rings. The topological polar surface area (TPSA) is 443 Å². The largest absolute Gasteiger partial charge is 0.394 e. The minimum Gasteiger partial charge on any atom is -0.394 e. The Labute approximate surface area is 488 Å². The van der Waals surface area contributed by atoms with Gasteiger partial charge in [-0.25, -0.2) is 0 Å². The first-order valence-corrected chi connectivity index (χ1v) is 29.6. The molecule has 1 aliphatic rings. The monoisotopic (exact) mass is 1170 g/mol. The highest BCUT2D eigenvalue weighted by atomic mass is 16.3. The summed E-state index contributed by atoms with van der Waals surface area (Å²) < 4.78 is 0. The van der Waals surface area contributed by atoms with Crippen LogP contribution in [-0.2, 0) is 59.2 Å². The SMILES string of the molecule is CCCCCCCC(=O)C[C@@H](CCN)C(=O)N[C@@H](CO)C(=O)C[C@@H](CCN)C(=O)N[C@H]1CCNC(=O)[C@H]([C@@H](C)O)NC(=O)[C@H](CCN)CC(=O)[C@H](CCN)NC(=O)[C@H](CC(C)C)NC(=O)[C@@H](Cc2ccccc2)CC(=O)[C@H](CCN)NC1=O. The number of Topliss-reactive ketones (excluding diaryl/α,β-unsaturated/α-hetero) is 4. The zero-order valence-corrected chi connectivity index (χ0v) is 49.3. The Hall–Kier alpha value is -6.09. The predicted octanol–water partition coefficient (Wildman–Crippen LogP) is -1.52. The van der Waals surface area contributed by atoms with Crippen LogP contribution in [0, 0.1) is 29.6 Å². The standard InChI is InChI=1S/C58H98N12O13/c1-5-6-7-8-12-15-42(73)30-38(16-22-59)52(77)69-47(34-71)50(76)32-39(17-23-60)53(78)67-45-21-27-64-58(83)51(36(4)72)70-54(79)40(18-24-61)31-48(74)43(19-25-62)66-57(82)46(28-35(2)3)68-55(80)41(29-37-13-10-9-11-14-37)33-49(75)44(20-26-63)65-56(45)81/h9-11,13-14,35-36,38-41,43-47,51,71-72H,5-8,12,15-34,59-63H2,1-4H3,(H,64,83)(H,65,81)(H,66,82)(H,67,78)(H,68,80)(H,69,77)(H,70,79)/t36-,38-,39-,40-,41+,43+,44+,45+,46+,47+,51+/m1/s1. The van der Waals surface area contributed by atoms with Gasteiger partial charge in [-0.1, -0.05) is 76.8 Å². The molecule has 2 rings (SSSR count). The number of carbonyl (C=O) groups excluding carboxylic acids is 11. The van der Waals surface area contributed by atoms with Crippen molar-refractivity contribution in [1.82, 2.24) is 37.2 Å². The summed E-state index contributed by atoms with van der Waals surface area (Å²) in [6, 6.07) is 0.265. The molecule has 1 aromatic rings. The Bertz CT molecular complexity index is 2240. The van der Waals surface area contributed by atoms with E-state index in [4.69, 9.17) is 28.7 Å². The summed E-state index contributed by atoms with van der Waals surface area (Å²) in [5.41, 5.74) is 30.2. The summed E-state index contributed by atoms with van der Waals surface area (Å²) in [6.07, 6.45) is 1.21. The van der Waals surface area contributed by atoms with Gasteiger partial charge in [-0.15, -0.1) is 0 Å². The third-order valence-electron chi connectivity index (χ3n) is 14.7. The van der Waals surface area contributed by atoms with Crippen LogP contribution in [0.25, 0.3) is 0 Å². The molecule has 0 aliphatic carbocycles.